The van der Waals surface area contributed by atoms with Crippen LogP contribution in [0.4, 0.5) is 0 Å². The number of amides is 1. The summed E-state index contributed by atoms with van der Waals surface area (Å²) in [5.74, 6) is 0.852. The highest BCUT2D eigenvalue weighted by molar-refractivity contribution is 5.99. The molecule has 6 nitrogen and oxygen atoms in total. The summed E-state index contributed by atoms with van der Waals surface area (Å²) in [5, 5.41) is 16.9. The second-order valence-corrected chi connectivity index (χ2v) is 7.33. The van der Waals surface area contributed by atoms with E-state index < -0.39 is 5.54 Å². The molecule has 0 bridgehead atoms. The molecule has 1 amide bonds. The van der Waals surface area contributed by atoms with E-state index in [0.29, 0.717) is 6.42 Å². The number of nitrogens with zero attached hydrogens (tertiary/aromatic N) is 3. The molecule has 2 N–H and O–H groups in total. The van der Waals surface area contributed by atoms with Gasteiger partial charge in [0, 0.05) is 19.0 Å². The molecule has 2 heterocycles. The van der Waals surface area contributed by atoms with Crippen LogP contribution in [0.25, 0.3) is 10.9 Å². The lowest BCUT2D eigenvalue weighted by molar-refractivity contribution is -0.129. The molecule has 2 aromatic rings. The Balaban J connectivity index is 1.69. The molecule has 1 saturated carbocycles. The normalized spacial score (nSPS) is 25.0. The van der Waals surface area contributed by atoms with Crippen LogP contribution in [0, 0.1) is 11.3 Å². The van der Waals surface area contributed by atoms with Crippen LogP contribution in [0.3, 0.4) is 0 Å². The van der Waals surface area contributed by atoms with Gasteiger partial charge in [-0.1, -0.05) is 18.6 Å². The van der Waals surface area contributed by atoms with Gasteiger partial charge in [0.1, 0.15) is 0 Å². The molecule has 1 aliphatic carbocycles. The zero-order chi connectivity index (χ0) is 16.9. The van der Waals surface area contributed by atoms with Crippen LogP contribution < -0.4 is 5.32 Å². The van der Waals surface area contributed by atoms with Gasteiger partial charge in [0.25, 0.3) is 0 Å². The van der Waals surface area contributed by atoms with Crippen LogP contribution in [0.5, 0.6) is 0 Å². The second kappa shape index (κ2) is 5.33. The maximum Gasteiger partial charge on any atom is 0.231 e. The number of fused-ring (bicyclic) bond motifs is 1. The molecule has 1 aromatic carbocycles. The van der Waals surface area contributed by atoms with Crippen molar-refractivity contribution in [3.8, 4) is 0 Å². The number of rotatable bonds is 3. The van der Waals surface area contributed by atoms with E-state index >= 15 is 0 Å². The fourth-order valence-corrected chi connectivity index (χ4v) is 3.59. The van der Waals surface area contributed by atoms with Crippen molar-refractivity contribution < 1.29 is 4.79 Å². The summed E-state index contributed by atoms with van der Waals surface area (Å²) in [6.45, 7) is 2.95. The van der Waals surface area contributed by atoms with Crippen LogP contribution in [0.1, 0.15) is 38.2 Å². The smallest absolute Gasteiger partial charge is 0.231 e. The van der Waals surface area contributed by atoms with Gasteiger partial charge >= 0.3 is 0 Å². The molecule has 126 valence electrons. The monoisotopic (exact) mass is 325 g/mol. The molecule has 0 unspecified atom stereocenters. The van der Waals surface area contributed by atoms with Gasteiger partial charge in [-0.25, -0.2) is 0 Å². The van der Waals surface area contributed by atoms with Gasteiger partial charge in [0.15, 0.2) is 5.96 Å². The number of hydrogen-bond acceptors (Lipinski definition) is 3. The van der Waals surface area contributed by atoms with Gasteiger partial charge in [0.05, 0.1) is 23.7 Å². The minimum atomic E-state index is -0.555. The van der Waals surface area contributed by atoms with Crippen LogP contribution in [0.2, 0.25) is 0 Å². The lowest BCUT2D eigenvalue weighted by atomic mass is 9.85. The Kier molecular flexibility index (Phi) is 3.37. The summed E-state index contributed by atoms with van der Waals surface area (Å²) < 4.78 is 2.09. The topological polar surface area (TPSA) is 74.0 Å². The van der Waals surface area contributed by atoms with Gasteiger partial charge in [-0.05, 0) is 37.3 Å². The van der Waals surface area contributed by atoms with E-state index in [0.717, 1.165) is 28.9 Å². The summed E-state index contributed by atoms with van der Waals surface area (Å²) >= 11 is 0. The molecular formula is C18H23N5O. The van der Waals surface area contributed by atoms with Crippen molar-refractivity contribution in [1.29, 1.82) is 5.41 Å². The van der Waals surface area contributed by atoms with E-state index in [1.54, 1.807) is 7.05 Å². The Morgan fingerprint density at radius 3 is 2.88 bits per heavy atom. The van der Waals surface area contributed by atoms with E-state index in [-0.39, 0.29) is 11.9 Å². The highest BCUT2D eigenvalue weighted by Gasteiger charge is 2.38. The molecule has 0 radical (unpaired) electrons. The van der Waals surface area contributed by atoms with E-state index in [2.05, 4.69) is 27.2 Å². The summed E-state index contributed by atoms with van der Waals surface area (Å²) in [4.78, 5) is 13.6. The SMILES string of the molecule is CN1C(=N)N[C@](C)(c2ccc3cnn(CC4CCC4)c3c2)CC1=O. The molecule has 1 aromatic heterocycles. The van der Waals surface area contributed by atoms with Crippen molar-refractivity contribution in [3.63, 3.8) is 0 Å². The van der Waals surface area contributed by atoms with Crippen LogP contribution >= 0.6 is 0 Å². The van der Waals surface area contributed by atoms with Crippen molar-refractivity contribution >= 4 is 22.8 Å². The van der Waals surface area contributed by atoms with E-state index in [1.807, 2.05) is 19.2 Å². The highest BCUT2D eigenvalue weighted by atomic mass is 16.2. The Hall–Kier alpha value is -2.37. The van der Waals surface area contributed by atoms with E-state index in [4.69, 9.17) is 5.41 Å². The Bertz CT molecular complexity index is 802. The Labute approximate surface area is 141 Å². The molecule has 4 rings (SSSR count). The summed E-state index contributed by atoms with van der Waals surface area (Å²) in [5.41, 5.74) is 1.58. The molecule has 1 atom stereocenters. The molecule has 1 saturated heterocycles. The zero-order valence-electron chi connectivity index (χ0n) is 14.2. The fraction of sp³-hybridized carbons (Fsp3) is 0.500. The van der Waals surface area contributed by atoms with Gasteiger partial charge in [-0.3, -0.25) is 19.8 Å². The molecule has 1 aliphatic heterocycles. The number of benzene rings is 1. The van der Waals surface area contributed by atoms with Crippen molar-refractivity contribution in [2.24, 2.45) is 5.92 Å². The number of nitrogens with one attached hydrogen (secondary N) is 2. The lowest BCUT2D eigenvalue weighted by Gasteiger charge is -2.39. The number of aromatic nitrogens is 2. The summed E-state index contributed by atoms with van der Waals surface area (Å²) in [7, 11) is 1.63. The first-order valence-corrected chi connectivity index (χ1v) is 8.56. The third-order valence-electron chi connectivity index (χ3n) is 5.55. The first-order valence-electron chi connectivity index (χ1n) is 8.56. The van der Waals surface area contributed by atoms with Gasteiger partial charge in [0.2, 0.25) is 5.91 Å². The minimum Gasteiger partial charge on any atom is -0.346 e. The van der Waals surface area contributed by atoms with Gasteiger partial charge in [-0.2, -0.15) is 5.10 Å². The maximum absolute atomic E-state index is 12.2. The highest BCUT2D eigenvalue weighted by Crippen LogP contribution is 2.32. The van der Waals surface area contributed by atoms with Crippen LogP contribution in [-0.4, -0.2) is 33.6 Å². The van der Waals surface area contributed by atoms with E-state index in [1.165, 1.54) is 24.2 Å². The average Bonchev–Trinajstić information content (AvgIpc) is 2.91. The average molecular weight is 325 g/mol. The first-order chi connectivity index (χ1) is 11.5. The summed E-state index contributed by atoms with van der Waals surface area (Å²) in [6.07, 6.45) is 6.16. The Morgan fingerprint density at radius 1 is 1.42 bits per heavy atom. The van der Waals surface area contributed by atoms with Gasteiger partial charge in [-0.15, -0.1) is 0 Å². The van der Waals surface area contributed by atoms with Crippen molar-refractivity contribution in [2.45, 2.75) is 44.7 Å². The number of carbonyl (C=O) groups excluding carboxylic acids is 1. The maximum atomic E-state index is 12.2. The summed E-state index contributed by atoms with van der Waals surface area (Å²) in [6, 6.07) is 6.23. The van der Waals surface area contributed by atoms with Crippen LogP contribution in [-0.2, 0) is 16.9 Å². The fourth-order valence-electron chi connectivity index (χ4n) is 3.59. The van der Waals surface area contributed by atoms with Crippen molar-refractivity contribution in [2.75, 3.05) is 7.05 Å². The number of carbonyl (C=O) groups is 1. The molecule has 2 fully saturated rings. The zero-order valence-corrected chi connectivity index (χ0v) is 14.2. The van der Waals surface area contributed by atoms with Crippen LogP contribution in [0.15, 0.2) is 24.4 Å². The first kappa shape index (κ1) is 15.2. The Morgan fingerprint density at radius 2 is 2.21 bits per heavy atom. The number of guanidine groups is 1. The second-order valence-electron chi connectivity index (χ2n) is 7.33. The third-order valence-corrected chi connectivity index (χ3v) is 5.55. The van der Waals surface area contributed by atoms with Crippen molar-refractivity contribution in [1.82, 2.24) is 20.0 Å². The third kappa shape index (κ3) is 2.37. The lowest BCUT2D eigenvalue weighted by Crippen LogP contribution is -2.58. The standard InChI is InChI=1S/C18H23N5O/c1-18(9-16(24)22(2)17(19)21-18)14-7-6-13-10-20-23(15(13)8-14)11-12-4-3-5-12/h6-8,10,12H,3-5,9,11H2,1-2H3,(H2,19,21)/t18-/m0/s1. The molecule has 2 aliphatic rings. The quantitative estimate of drug-likeness (QED) is 0.910. The predicted molar refractivity (Wildman–Crippen MR) is 92.7 cm³/mol. The molecule has 6 heteroatoms. The molecule has 24 heavy (non-hydrogen) atoms. The van der Waals surface area contributed by atoms with E-state index in [9.17, 15) is 4.79 Å². The van der Waals surface area contributed by atoms with Crippen molar-refractivity contribution in [3.05, 3.63) is 30.0 Å². The largest absolute Gasteiger partial charge is 0.346 e. The molecule has 0 spiro atoms. The predicted octanol–water partition coefficient (Wildman–Crippen LogP) is 2.44. The minimum absolute atomic E-state index is 0.0377. The van der Waals surface area contributed by atoms with Gasteiger partial charge < -0.3 is 5.32 Å². The number of hydrogen-bond donors (Lipinski definition) is 2. The molecular weight excluding hydrogens is 302 g/mol.